The first-order valence-corrected chi connectivity index (χ1v) is 5.57. The number of hydrogen-bond donors (Lipinski definition) is 2. The number of nitrogens with one attached hydrogen (secondary N) is 2. The Balaban J connectivity index is 1.82. The van der Waals surface area contributed by atoms with E-state index in [1.807, 2.05) is 0 Å². The molecular weight excluding hydrogens is 156 g/mol. The summed E-state index contributed by atoms with van der Waals surface area (Å²) in [6.45, 7) is 3.67. The van der Waals surface area contributed by atoms with Gasteiger partial charge in [-0.1, -0.05) is 0 Å². The minimum Gasteiger partial charge on any atom is -0.317 e. The molecule has 2 heterocycles. The lowest BCUT2D eigenvalue weighted by molar-refractivity contribution is 0.346. The second-order valence-corrected chi connectivity index (χ2v) is 4.58. The van der Waals surface area contributed by atoms with Gasteiger partial charge in [0.15, 0.2) is 0 Å². The van der Waals surface area contributed by atoms with Crippen molar-refractivity contribution in [2.45, 2.75) is 18.2 Å². The van der Waals surface area contributed by atoms with Crippen LogP contribution in [0.5, 0.6) is 0 Å². The summed E-state index contributed by atoms with van der Waals surface area (Å²) in [5, 5.41) is 7.74. The van der Waals surface area contributed by atoms with Gasteiger partial charge < -0.3 is 10.6 Å². The first-order chi connectivity index (χ1) is 5.47. The third-order valence-electron chi connectivity index (χ3n) is 2.56. The zero-order valence-electron chi connectivity index (χ0n) is 6.81. The number of hydrogen-bond acceptors (Lipinski definition) is 3. The Morgan fingerprint density at radius 2 is 1.91 bits per heavy atom. The van der Waals surface area contributed by atoms with Crippen LogP contribution in [0.4, 0.5) is 0 Å². The van der Waals surface area contributed by atoms with Gasteiger partial charge in [0.1, 0.15) is 0 Å². The maximum Gasteiger partial charge on any atom is 0.0562 e. The molecule has 0 amide bonds. The van der Waals surface area contributed by atoms with E-state index in [4.69, 9.17) is 0 Å². The van der Waals surface area contributed by atoms with Crippen molar-refractivity contribution in [3.63, 3.8) is 0 Å². The van der Waals surface area contributed by atoms with Crippen LogP contribution >= 0.6 is 11.8 Å². The molecule has 0 bridgehead atoms. The molecular formula is C8H16N2S. The summed E-state index contributed by atoms with van der Waals surface area (Å²) >= 11 is 2.11. The van der Waals surface area contributed by atoms with E-state index in [9.17, 15) is 0 Å². The molecule has 11 heavy (non-hydrogen) atoms. The van der Waals surface area contributed by atoms with E-state index in [-0.39, 0.29) is 0 Å². The fourth-order valence-corrected chi connectivity index (χ4v) is 3.17. The molecule has 2 rings (SSSR count). The molecule has 0 aromatic heterocycles. The van der Waals surface area contributed by atoms with Crippen LogP contribution in [0.3, 0.4) is 0 Å². The van der Waals surface area contributed by atoms with Crippen molar-refractivity contribution in [3.05, 3.63) is 0 Å². The standard InChI is InChI=1S/C8H16N2S/c1-3-9-4-2-7(1)8-10-5-6-11-8/h7-10H,1-6H2. The van der Waals surface area contributed by atoms with E-state index in [0.29, 0.717) is 0 Å². The van der Waals surface area contributed by atoms with E-state index in [1.54, 1.807) is 0 Å². The van der Waals surface area contributed by atoms with Gasteiger partial charge in [-0.15, -0.1) is 11.8 Å². The molecule has 0 aliphatic carbocycles. The number of thioether (sulfide) groups is 1. The molecule has 0 spiro atoms. The van der Waals surface area contributed by atoms with Crippen molar-refractivity contribution in [3.8, 4) is 0 Å². The lowest BCUT2D eigenvalue weighted by Gasteiger charge is -2.27. The summed E-state index contributed by atoms with van der Waals surface area (Å²) in [4.78, 5) is 0. The van der Waals surface area contributed by atoms with E-state index >= 15 is 0 Å². The van der Waals surface area contributed by atoms with Crippen molar-refractivity contribution < 1.29 is 0 Å². The highest BCUT2D eigenvalue weighted by Crippen LogP contribution is 2.27. The average Bonchev–Trinajstić information content (AvgIpc) is 2.58. The lowest BCUT2D eigenvalue weighted by Crippen LogP contribution is -2.37. The third kappa shape index (κ3) is 1.89. The van der Waals surface area contributed by atoms with Crippen LogP contribution in [-0.4, -0.2) is 30.8 Å². The van der Waals surface area contributed by atoms with Gasteiger partial charge in [0.25, 0.3) is 0 Å². The minimum absolute atomic E-state index is 0.775. The summed E-state index contributed by atoms with van der Waals surface area (Å²) < 4.78 is 0. The Morgan fingerprint density at radius 3 is 2.55 bits per heavy atom. The highest BCUT2D eigenvalue weighted by atomic mass is 32.2. The van der Waals surface area contributed by atoms with Gasteiger partial charge in [-0.05, 0) is 31.8 Å². The maximum atomic E-state index is 3.56. The molecule has 2 fully saturated rings. The van der Waals surface area contributed by atoms with Gasteiger partial charge in [-0.2, -0.15) is 0 Å². The SMILES string of the molecule is C1CC(C2NCCS2)CCN1. The summed E-state index contributed by atoms with van der Waals surface area (Å²) in [6, 6.07) is 0. The van der Waals surface area contributed by atoms with Crippen LogP contribution in [-0.2, 0) is 0 Å². The van der Waals surface area contributed by atoms with Gasteiger partial charge in [0.2, 0.25) is 0 Å². The maximum absolute atomic E-state index is 3.56. The normalized spacial score (nSPS) is 34.4. The Morgan fingerprint density at radius 1 is 1.09 bits per heavy atom. The molecule has 1 unspecified atom stereocenters. The predicted molar refractivity (Wildman–Crippen MR) is 49.8 cm³/mol. The molecule has 3 heteroatoms. The van der Waals surface area contributed by atoms with Crippen molar-refractivity contribution in [1.29, 1.82) is 0 Å². The van der Waals surface area contributed by atoms with Crippen molar-refractivity contribution in [1.82, 2.24) is 10.6 Å². The Bertz CT molecular complexity index is 117. The van der Waals surface area contributed by atoms with Crippen LogP contribution in [0.15, 0.2) is 0 Å². The monoisotopic (exact) mass is 172 g/mol. The summed E-state index contributed by atoms with van der Waals surface area (Å²) in [5.74, 6) is 2.25. The van der Waals surface area contributed by atoms with Gasteiger partial charge >= 0.3 is 0 Å². The first kappa shape index (κ1) is 7.90. The lowest BCUT2D eigenvalue weighted by atomic mass is 9.98. The van der Waals surface area contributed by atoms with Crippen molar-refractivity contribution in [2.24, 2.45) is 5.92 Å². The second kappa shape index (κ2) is 3.78. The topological polar surface area (TPSA) is 24.1 Å². The van der Waals surface area contributed by atoms with Gasteiger partial charge in [0.05, 0.1) is 5.37 Å². The van der Waals surface area contributed by atoms with Gasteiger partial charge in [-0.3, -0.25) is 0 Å². The van der Waals surface area contributed by atoms with Crippen LogP contribution in [0, 0.1) is 5.92 Å². The van der Waals surface area contributed by atoms with Crippen LogP contribution in [0.2, 0.25) is 0 Å². The molecule has 0 aromatic rings. The number of piperidine rings is 1. The first-order valence-electron chi connectivity index (χ1n) is 4.52. The zero-order chi connectivity index (χ0) is 7.52. The fraction of sp³-hybridized carbons (Fsp3) is 1.00. The summed E-state index contributed by atoms with van der Waals surface area (Å²) in [5.41, 5.74) is 0. The Hall–Kier alpha value is 0.270. The average molecular weight is 172 g/mol. The van der Waals surface area contributed by atoms with Crippen molar-refractivity contribution in [2.75, 3.05) is 25.4 Å². The fourth-order valence-electron chi connectivity index (χ4n) is 1.90. The molecule has 0 radical (unpaired) electrons. The summed E-state index contributed by atoms with van der Waals surface area (Å²) in [7, 11) is 0. The van der Waals surface area contributed by atoms with Crippen LogP contribution < -0.4 is 10.6 Å². The van der Waals surface area contributed by atoms with E-state index in [0.717, 1.165) is 11.3 Å². The van der Waals surface area contributed by atoms with Gasteiger partial charge in [0, 0.05) is 12.3 Å². The molecule has 0 aromatic carbocycles. The zero-order valence-corrected chi connectivity index (χ0v) is 7.62. The smallest absolute Gasteiger partial charge is 0.0562 e. The minimum atomic E-state index is 0.775. The second-order valence-electron chi connectivity index (χ2n) is 3.33. The van der Waals surface area contributed by atoms with Crippen LogP contribution in [0.1, 0.15) is 12.8 Å². The van der Waals surface area contributed by atoms with E-state index in [2.05, 4.69) is 22.4 Å². The molecule has 2 N–H and O–H groups in total. The molecule has 2 aliphatic heterocycles. The van der Waals surface area contributed by atoms with Crippen molar-refractivity contribution >= 4 is 11.8 Å². The van der Waals surface area contributed by atoms with Crippen LogP contribution in [0.25, 0.3) is 0 Å². The quantitative estimate of drug-likeness (QED) is 0.607. The summed E-state index contributed by atoms with van der Waals surface area (Å²) in [6.07, 6.45) is 2.73. The molecule has 2 nitrogen and oxygen atoms in total. The molecule has 2 aliphatic rings. The molecule has 0 saturated carbocycles. The van der Waals surface area contributed by atoms with E-state index in [1.165, 1.54) is 38.2 Å². The van der Waals surface area contributed by atoms with E-state index < -0.39 is 0 Å². The number of rotatable bonds is 1. The molecule has 64 valence electrons. The Labute approximate surface area is 72.5 Å². The van der Waals surface area contributed by atoms with Gasteiger partial charge in [-0.25, -0.2) is 0 Å². The highest BCUT2D eigenvalue weighted by molar-refractivity contribution is 8.00. The largest absolute Gasteiger partial charge is 0.317 e. The molecule has 1 atom stereocenters. The predicted octanol–water partition coefficient (Wildman–Crippen LogP) is 0.648. The third-order valence-corrected chi connectivity index (χ3v) is 3.91. The molecule has 2 saturated heterocycles. The Kier molecular flexibility index (Phi) is 2.72. The highest BCUT2D eigenvalue weighted by Gasteiger charge is 2.25.